The summed E-state index contributed by atoms with van der Waals surface area (Å²) in [5.41, 5.74) is 3.08. The van der Waals surface area contributed by atoms with Gasteiger partial charge in [-0.05, 0) is 65.3 Å². The van der Waals surface area contributed by atoms with Crippen molar-refractivity contribution in [3.05, 3.63) is 47.5 Å². The number of hydrogen-bond donors (Lipinski definition) is 1. The molecule has 3 nitrogen and oxygen atoms in total. The molecule has 3 rings (SSSR count). The van der Waals surface area contributed by atoms with Crippen molar-refractivity contribution in [2.24, 2.45) is 0 Å². The Morgan fingerprint density at radius 2 is 1.59 bits per heavy atom. The molecule has 0 bridgehead atoms. The van der Waals surface area contributed by atoms with E-state index in [9.17, 15) is 0 Å². The van der Waals surface area contributed by atoms with Crippen LogP contribution in [0.4, 0.5) is 5.69 Å². The molecule has 0 radical (unpaired) electrons. The molecule has 1 N–H and O–H groups in total. The van der Waals surface area contributed by atoms with Crippen LogP contribution in [0, 0.1) is 0 Å². The highest BCUT2D eigenvalue weighted by Gasteiger charge is 2.20. The lowest BCUT2D eigenvalue weighted by molar-refractivity contribution is 0.119. The van der Waals surface area contributed by atoms with Gasteiger partial charge in [0.25, 0.3) is 0 Å². The monoisotopic (exact) mass is 383 g/mol. The third-order valence-corrected chi connectivity index (χ3v) is 5.44. The fourth-order valence-electron chi connectivity index (χ4n) is 4.23. The lowest BCUT2D eigenvalue weighted by atomic mass is 10.1. The summed E-state index contributed by atoms with van der Waals surface area (Å²) in [6.45, 7) is 12.3. The zero-order valence-corrected chi connectivity index (χ0v) is 17.7. The van der Waals surface area contributed by atoms with Crippen molar-refractivity contribution < 1.29 is 0 Å². The lowest BCUT2D eigenvalue weighted by Gasteiger charge is -2.36. The number of nitrogens with zero attached hydrogens (tertiary/aromatic N) is 2. The first-order chi connectivity index (χ1) is 12.9. The zero-order chi connectivity index (χ0) is 19.6. The highest BCUT2D eigenvalue weighted by Crippen LogP contribution is 2.32. The Hall–Kier alpha value is -1.84. The fraction of sp³-hybridized carbons (Fsp3) is 0.435. The Morgan fingerprint density at radius 3 is 2.30 bits per heavy atom. The van der Waals surface area contributed by atoms with Crippen molar-refractivity contribution in [1.29, 1.82) is 0 Å². The number of rotatable bonds is 7. The molecule has 4 heteroatoms. The van der Waals surface area contributed by atoms with E-state index in [1.165, 1.54) is 0 Å². The van der Waals surface area contributed by atoms with Gasteiger partial charge in [0.15, 0.2) is 0 Å². The third kappa shape index (κ3) is 4.36. The number of fused-ring (bicyclic) bond motifs is 2. The van der Waals surface area contributed by atoms with Crippen LogP contribution in [0.1, 0.15) is 41.0 Å². The average Bonchev–Trinajstić information content (AvgIpc) is 2.60. The molecule has 0 aliphatic carbocycles. The Bertz CT molecular complexity index is 912. The standard InChI is InChI=1S/C23H30ClN3/c1-15(2)27(16(3)4)17(5)12-13-25-23-19-8-6-7-9-21(19)26-22-14-18(24)10-11-20(22)23/h6-11,14-17H,12-13H2,1-5H3,(H,25,26)/t17-/m0/s1. The van der Waals surface area contributed by atoms with Crippen molar-refractivity contribution in [3.63, 3.8) is 0 Å². The second-order valence-corrected chi connectivity index (χ2v) is 8.30. The number of nitrogens with one attached hydrogen (secondary N) is 1. The Kier molecular flexibility index (Phi) is 6.23. The number of halogens is 1. The van der Waals surface area contributed by atoms with Gasteiger partial charge >= 0.3 is 0 Å². The van der Waals surface area contributed by atoms with Crippen molar-refractivity contribution >= 4 is 39.1 Å². The van der Waals surface area contributed by atoms with Crippen LogP contribution >= 0.6 is 11.6 Å². The van der Waals surface area contributed by atoms with Gasteiger partial charge < -0.3 is 5.32 Å². The fourth-order valence-corrected chi connectivity index (χ4v) is 4.39. The van der Waals surface area contributed by atoms with E-state index in [1.54, 1.807) is 0 Å². The zero-order valence-electron chi connectivity index (χ0n) is 17.0. The summed E-state index contributed by atoms with van der Waals surface area (Å²) in [6, 6.07) is 15.8. The summed E-state index contributed by atoms with van der Waals surface area (Å²) < 4.78 is 0. The molecule has 3 aromatic rings. The average molecular weight is 384 g/mol. The molecular weight excluding hydrogens is 354 g/mol. The molecule has 0 aliphatic heterocycles. The van der Waals surface area contributed by atoms with Crippen LogP contribution < -0.4 is 5.32 Å². The van der Waals surface area contributed by atoms with Gasteiger partial charge in [-0.3, -0.25) is 4.90 Å². The predicted molar refractivity (Wildman–Crippen MR) is 119 cm³/mol. The van der Waals surface area contributed by atoms with E-state index in [2.05, 4.69) is 69.1 Å². The first kappa shape index (κ1) is 19.9. The minimum Gasteiger partial charge on any atom is -0.384 e. The quantitative estimate of drug-likeness (QED) is 0.481. The lowest BCUT2D eigenvalue weighted by Crippen LogP contribution is -2.44. The molecule has 0 spiro atoms. The van der Waals surface area contributed by atoms with Gasteiger partial charge in [-0.1, -0.05) is 29.8 Å². The largest absolute Gasteiger partial charge is 0.384 e. The van der Waals surface area contributed by atoms with E-state index in [4.69, 9.17) is 16.6 Å². The molecule has 0 amide bonds. The second-order valence-electron chi connectivity index (χ2n) is 7.86. The van der Waals surface area contributed by atoms with Crippen LogP contribution in [-0.2, 0) is 0 Å². The van der Waals surface area contributed by atoms with Crippen molar-refractivity contribution in [2.45, 2.75) is 59.2 Å². The van der Waals surface area contributed by atoms with Gasteiger partial charge in [-0.2, -0.15) is 0 Å². The number of pyridine rings is 1. The molecule has 0 unspecified atom stereocenters. The first-order valence-electron chi connectivity index (χ1n) is 9.87. The second kappa shape index (κ2) is 8.45. The van der Waals surface area contributed by atoms with Crippen molar-refractivity contribution in [2.75, 3.05) is 11.9 Å². The van der Waals surface area contributed by atoms with Crippen LogP contribution in [0.5, 0.6) is 0 Å². The van der Waals surface area contributed by atoms with Gasteiger partial charge in [-0.15, -0.1) is 0 Å². The van der Waals surface area contributed by atoms with Gasteiger partial charge in [0, 0.05) is 40.5 Å². The molecule has 0 saturated carbocycles. The van der Waals surface area contributed by atoms with E-state index in [-0.39, 0.29) is 0 Å². The van der Waals surface area contributed by atoms with Crippen LogP contribution in [0.2, 0.25) is 5.02 Å². The summed E-state index contributed by atoms with van der Waals surface area (Å²) in [6.07, 6.45) is 1.09. The minimum atomic E-state index is 0.520. The van der Waals surface area contributed by atoms with Crippen LogP contribution in [0.15, 0.2) is 42.5 Å². The maximum atomic E-state index is 6.20. The maximum absolute atomic E-state index is 6.20. The minimum absolute atomic E-state index is 0.520. The summed E-state index contributed by atoms with van der Waals surface area (Å²) in [5, 5.41) is 6.70. The SMILES string of the molecule is CC(C)N(C(C)C)[C@@H](C)CCNc1c2ccccc2nc2cc(Cl)ccc12. The van der Waals surface area contributed by atoms with E-state index in [0.29, 0.717) is 18.1 Å². The number of para-hydroxylation sites is 1. The van der Waals surface area contributed by atoms with Gasteiger partial charge in [-0.25, -0.2) is 4.98 Å². The van der Waals surface area contributed by atoms with Crippen molar-refractivity contribution in [3.8, 4) is 0 Å². The smallest absolute Gasteiger partial charge is 0.0745 e. The van der Waals surface area contributed by atoms with Gasteiger partial charge in [0.1, 0.15) is 0 Å². The third-order valence-electron chi connectivity index (χ3n) is 5.21. The van der Waals surface area contributed by atoms with E-state index in [0.717, 1.165) is 45.5 Å². The summed E-state index contributed by atoms with van der Waals surface area (Å²) in [7, 11) is 0. The predicted octanol–water partition coefficient (Wildman–Crippen LogP) is 6.35. The maximum Gasteiger partial charge on any atom is 0.0745 e. The summed E-state index contributed by atoms with van der Waals surface area (Å²) in [5.74, 6) is 0. The number of benzene rings is 2. The van der Waals surface area contributed by atoms with Crippen LogP contribution in [0.25, 0.3) is 21.8 Å². The number of anilines is 1. The summed E-state index contributed by atoms with van der Waals surface area (Å²) in [4.78, 5) is 7.36. The Labute approximate surface area is 167 Å². The Morgan fingerprint density at radius 1 is 0.926 bits per heavy atom. The number of hydrogen-bond acceptors (Lipinski definition) is 3. The molecule has 144 valence electrons. The van der Waals surface area contributed by atoms with Crippen LogP contribution in [-0.4, -0.2) is 34.6 Å². The molecule has 0 fully saturated rings. The van der Waals surface area contributed by atoms with E-state index < -0.39 is 0 Å². The molecule has 1 atom stereocenters. The molecule has 27 heavy (non-hydrogen) atoms. The summed E-state index contributed by atoms with van der Waals surface area (Å²) >= 11 is 6.20. The highest BCUT2D eigenvalue weighted by atomic mass is 35.5. The van der Waals surface area contributed by atoms with E-state index in [1.807, 2.05) is 18.2 Å². The normalized spacial score (nSPS) is 13.2. The Balaban J connectivity index is 1.87. The number of aromatic nitrogens is 1. The van der Waals surface area contributed by atoms with Gasteiger partial charge in [0.05, 0.1) is 16.7 Å². The van der Waals surface area contributed by atoms with E-state index >= 15 is 0 Å². The molecule has 1 aromatic heterocycles. The topological polar surface area (TPSA) is 28.2 Å². The molecule has 0 saturated heterocycles. The first-order valence-corrected chi connectivity index (χ1v) is 10.3. The van der Waals surface area contributed by atoms with Crippen molar-refractivity contribution in [1.82, 2.24) is 9.88 Å². The molecule has 0 aliphatic rings. The highest BCUT2D eigenvalue weighted by molar-refractivity contribution is 6.31. The molecular formula is C23H30ClN3. The van der Waals surface area contributed by atoms with Gasteiger partial charge in [0.2, 0.25) is 0 Å². The molecule has 1 heterocycles. The van der Waals surface area contributed by atoms with Crippen LogP contribution in [0.3, 0.4) is 0 Å². The molecule has 2 aromatic carbocycles.